The molecule has 5 rings (SSSR count). The van der Waals surface area contributed by atoms with Gasteiger partial charge in [-0.25, -0.2) is 13.8 Å². The van der Waals surface area contributed by atoms with Crippen LogP contribution >= 0.6 is 0 Å². The van der Waals surface area contributed by atoms with E-state index in [1.165, 1.54) is 26.6 Å². The normalized spacial score (nSPS) is 20.1. The van der Waals surface area contributed by atoms with Gasteiger partial charge in [-0.2, -0.15) is 5.26 Å². The van der Waals surface area contributed by atoms with E-state index in [0.717, 1.165) is 6.07 Å². The van der Waals surface area contributed by atoms with Crippen LogP contribution < -0.4 is 15.2 Å². The molecule has 2 aromatic carbocycles. The summed E-state index contributed by atoms with van der Waals surface area (Å²) in [7, 11) is 2.54. The molecule has 1 aliphatic carbocycles. The molecule has 2 aliphatic rings. The first kappa shape index (κ1) is 21.5. The van der Waals surface area contributed by atoms with Crippen LogP contribution in [0, 0.1) is 23.0 Å². The summed E-state index contributed by atoms with van der Waals surface area (Å²) in [6.45, 7) is 0. The van der Waals surface area contributed by atoms with Crippen LogP contribution in [0.2, 0.25) is 0 Å². The number of fused-ring (bicyclic) bond motifs is 2. The van der Waals surface area contributed by atoms with Crippen LogP contribution in [0.15, 0.2) is 41.5 Å². The van der Waals surface area contributed by atoms with Crippen molar-refractivity contribution in [1.29, 1.82) is 5.26 Å². The zero-order valence-electron chi connectivity index (χ0n) is 18.2. The van der Waals surface area contributed by atoms with Gasteiger partial charge in [0.05, 0.1) is 37.0 Å². The van der Waals surface area contributed by atoms with Crippen LogP contribution in [0.25, 0.3) is 11.3 Å². The highest BCUT2D eigenvalue weighted by Gasteiger charge is 2.65. The number of halogens is 2. The Kier molecular flexibility index (Phi) is 4.83. The van der Waals surface area contributed by atoms with Crippen LogP contribution in [-0.4, -0.2) is 31.3 Å². The van der Waals surface area contributed by atoms with Gasteiger partial charge < -0.3 is 15.2 Å². The van der Waals surface area contributed by atoms with E-state index in [0.29, 0.717) is 33.6 Å². The van der Waals surface area contributed by atoms with Gasteiger partial charge in [-0.15, -0.1) is 0 Å². The third-order valence-electron chi connectivity index (χ3n) is 6.47. The lowest BCUT2D eigenvalue weighted by Gasteiger charge is -2.22. The van der Waals surface area contributed by atoms with E-state index in [2.05, 4.69) is 16.0 Å². The van der Waals surface area contributed by atoms with Gasteiger partial charge in [0, 0.05) is 46.8 Å². The van der Waals surface area contributed by atoms with Crippen molar-refractivity contribution in [3.63, 3.8) is 0 Å². The van der Waals surface area contributed by atoms with E-state index in [4.69, 9.17) is 15.2 Å². The van der Waals surface area contributed by atoms with E-state index in [1.807, 2.05) is 0 Å². The fourth-order valence-electron chi connectivity index (χ4n) is 4.69. The molecule has 0 saturated heterocycles. The molecule has 170 valence electrons. The molecule has 2 N–H and O–H groups in total. The number of aliphatic imine (C=N–C) groups is 1. The smallest absolute Gasteiger partial charge is 0.256 e. The minimum atomic E-state index is -1.27. The average molecular weight is 460 g/mol. The third-order valence-corrected chi connectivity index (χ3v) is 6.47. The van der Waals surface area contributed by atoms with Crippen molar-refractivity contribution in [1.82, 2.24) is 4.98 Å². The Bertz CT molecular complexity index is 1420. The molecule has 3 aromatic rings. The summed E-state index contributed by atoms with van der Waals surface area (Å²) >= 11 is 0. The summed E-state index contributed by atoms with van der Waals surface area (Å²) in [6, 6.07) is 9.71. The number of methoxy groups -OCH3 is 2. The lowest BCUT2D eigenvalue weighted by Crippen LogP contribution is -2.27. The first-order valence-electron chi connectivity index (χ1n) is 10.3. The lowest BCUT2D eigenvalue weighted by atomic mass is 9.84. The van der Waals surface area contributed by atoms with Crippen molar-refractivity contribution in [2.24, 2.45) is 4.99 Å². The highest BCUT2D eigenvalue weighted by molar-refractivity contribution is 6.06. The van der Waals surface area contributed by atoms with Gasteiger partial charge in [0.15, 0.2) is 23.1 Å². The molecule has 1 amide bonds. The van der Waals surface area contributed by atoms with Gasteiger partial charge in [-0.05, 0) is 36.2 Å². The van der Waals surface area contributed by atoms with Gasteiger partial charge in [0.25, 0.3) is 5.91 Å². The van der Waals surface area contributed by atoms with Crippen LogP contribution in [0.1, 0.15) is 34.6 Å². The van der Waals surface area contributed by atoms with Crippen molar-refractivity contribution >= 4 is 17.8 Å². The van der Waals surface area contributed by atoms with Gasteiger partial charge in [-0.1, -0.05) is 0 Å². The van der Waals surface area contributed by atoms with Crippen molar-refractivity contribution < 1.29 is 23.0 Å². The Morgan fingerprint density at radius 1 is 1.15 bits per heavy atom. The number of carbonyl (C=O) groups is 1. The largest absolute Gasteiger partial charge is 0.494 e. The third kappa shape index (κ3) is 2.95. The number of nitrogens with two attached hydrogens (primary N) is 1. The second-order valence-corrected chi connectivity index (χ2v) is 8.19. The molecule has 1 aromatic heterocycles. The van der Waals surface area contributed by atoms with E-state index in [1.54, 1.807) is 24.3 Å². The molecule has 1 saturated carbocycles. The van der Waals surface area contributed by atoms with Gasteiger partial charge >= 0.3 is 0 Å². The number of ether oxygens (including phenoxy) is 2. The number of rotatable bonds is 4. The monoisotopic (exact) mass is 460 g/mol. The minimum Gasteiger partial charge on any atom is -0.494 e. The van der Waals surface area contributed by atoms with Crippen molar-refractivity contribution in [2.75, 3.05) is 20.0 Å². The maximum absolute atomic E-state index is 15.2. The molecule has 0 radical (unpaired) electrons. The minimum absolute atomic E-state index is 0.145. The van der Waals surface area contributed by atoms with Gasteiger partial charge in [0.2, 0.25) is 0 Å². The fraction of sp³-hybridized carbons (Fsp3) is 0.200. The molecular formula is C25H18F2N4O3. The number of hydrogen-bond donors (Lipinski definition) is 1. The summed E-state index contributed by atoms with van der Waals surface area (Å²) in [6.07, 6.45) is 3.06. The van der Waals surface area contributed by atoms with Crippen LogP contribution in [0.4, 0.5) is 14.5 Å². The molecule has 2 heterocycles. The number of nitrogens with zero attached hydrogens (tertiary/aromatic N) is 3. The van der Waals surface area contributed by atoms with E-state index >= 15 is 8.78 Å². The number of nitriles is 1. The molecular weight excluding hydrogens is 442 g/mol. The molecule has 2 atom stereocenters. The first-order chi connectivity index (χ1) is 16.3. The zero-order chi connectivity index (χ0) is 24.2. The Morgan fingerprint density at radius 3 is 2.50 bits per heavy atom. The van der Waals surface area contributed by atoms with Crippen molar-refractivity contribution in [3.8, 4) is 28.8 Å². The SMILES string of the molecule is COc1cc(OC)c(F)c(C2CC23C(=O)N=Cc2cnc(-c4cc(N)ccc4C#N)cc23)c1F. The number of amides is 1. The van der Waals surface area contributed by atoms with Crippen LogP contribution in [0.5, 0.6) is 11.5 Å². The Hall–Kier alpha value is -4.32. The number of nitrogen functional groups attached to an aromatic ring is 1. The topological polar surface area (TPSA) is 111 Å². The first-order valence-corrected chi connectivity index (χ1v) is 10.3. The second kappa shape index (κ2) is 7.63. The number of pyridine rings is 1. The molecule has 1 aliphatic heterocycles. The van der Waals surface area contributed by atoms with Gasteiger partial charge in [-0.3, -0.25) is 9.78 Å². The summed E-state index contributed by atoms with van der Waals surface area (Å²) in [5, 5.41) is 9.52. The molecule has 1 fully saturated rings. The highest BCUT2D eigenvalue weighted by atomic mass is 19.1. The Labute approximate surface area is 193 Å². The Morgan fingerprint density at radius 2 is 1.85 bits per heavy atom. The quantitative estimate of drug-likeness (QED) is 0.592. The maximum atomic E-state index is 15.2. The predicted octanol–water partition coefficient (Wildman–Crippen LogP) is 3.88. The molecule has 7 nitrogen and oxygen atoms in total. The summed E-state index contributed by atoms with van der Waals surface area (Å²) < 4.78 is 40.6. The second-order valence-electron chi connectivity index (χ2n) is 8.19. The van der Waals surface area contributed by atoms with Crippen molar-refractivity contribution in [2.45, 2.75) is 17.8 Å². The predicted molar refractivity (Wildman–Crippen MR) is 120 cm³/mol. The summed E-state index contributed by atoms with van der Waals surface area (Å²) in [5.41, 5.74) is 7.16. The Balaban J connectivity index is 1.69. The lowest BCUT2D eigenvalue weighted by molar-refractivity contribution is -0.120. The molecule has 0 bridgehead atoms. The van der Waals surface area contributed by atoms with E-state index in [-0.39, 0.29) is 23.5 Å². The van der Waals surface area contributed by atoms with E-state index < -0.39 is 28.9 Å². The number of anilines is 1. The molecule has 9 heteroatoms. The standard InChI is InChI=1S/C25H18F2N4O3/c1-33-19-7-20(34-2)23(27)21(22(19)26)17-8-25(17)16-6-18(30-10-13(16)11-31-24(25)32)15-5-14(29)4-3-12(15)9-28/h3-7,10-11,17H,8,29H2,1-2H3. The van der Waals surface area contributed by atoms with E-state index in [9.17, 15) is 10.1 Å². The van der Waals surface area contributed by atoms with Gasteiger partial charge in [0.1, 0.15) is 0 Å². The van der Waals surface area contributed by atoms with Crippen molar-refractivity contribution in [3.05, 3.63) is 70.4 Å². The maximum Gasteiger partial charge on any atom is 0.256 e. The fourth-order valence-corrected chi connectivity index (χ4v) is 4.69. The molecule has 2 unspecified atom stereocenters. The number of hydrogen-bond acceptors (Lipinski definition) is 6. The zero-order valence-corrected chi connectivity index (χ0v) is 18.2. The van der Waals surface area contributed by atoms with Crippen LogP contribution in [-0.2, 0) is 10.2 Å². The average Bonchev–Trinajstić information content (AvgIpc) is 3.57. The molecule has 1 spiro atoms. The van der Waals surface area contributed by atoms with Crippen LogP contribution in [0.3, 0.4) is 0 Å². The summed E-state index contributed by atoms with van der Waals surface area (Å²) in [4.78, 5) is 21.5. The molecule has 34 heavy (non-hydrogen) atoms. The number of benzene rings is 2. The number of aromatic nitrogens is 1. The summed E-state index contributed by atoms with van der Waals surface area (Å²) in [5.74, 6) is -3.47. The number of carbonyl (C=O) groups excluding carboxylic acids is 1. The highest BCUT2D eigenvalue weighted by Crippen LogP contribution is 2.64.